The number of nitrogens with one attached hydrogen (secondary N) is 2. The maximum Gasteiger partial charge on any atom is 0.319 e. The Hall–Kier alpha value is -1.55. The molecule has 4 heteroatoms. The summed E-state index contributed by atoms with van der Waals surface area (Å²) in [6.45, 7) is 6.24. The zero-order valence-electron chi connectivity index (χ0n) is 13.1. The lowest BCUT2D eigenvalue weighted by Gasteiger charge is -2.35. The van der Waals surface area contributed by atoms with Gasteiger partial charge >= 0.3 is 6.03 Å². The number of hydrogen-bond donors (Lipinski definition) is 3. The first-order valence-corrected chi connectivity index (χ1v) is 7.71. The van der Waals surface area contributed by atoms with Crippen LogP contribution in [0.15, 0.2) is 24.3 Å². The van der Waals surface area contributed by atoms with Gasteiger partial charge in [0.2, 0.25) is 0 Å². The highest BCUT2D eigenvalue weighted by Gasteiger charge is 2.28. The van der Waals surface area contributed by atoms with Crippen molar-refractivity contribution in [2.24, 2.45) is 5.41 Å². The van der Waals surface area contributed by atoms with Crippen LogP contribution in [0.3, 0.4) is 0 Å². The number of amides is 2. The van der Waals surface area contributed by atoms with Gasteiger partial charge in [0, 0.05) is 11.7 Å². The number of aliphatic hydroxyl groups excluding tert-OH is 1. The molecule has 21 heavy (non-hydrogen) atoms. The van der Waals surface area contributed by atoms with E-state index in [1.54, 1.807) is 6.92 Å². The van der Waals surface area contributed by atoms with Gasteiger partial charge in [-0.05, 0) is 49.3 Å². The molecule has 1 aromatic carbocycles. The van der Waals surface area contributed by atoms with Crippen LogP contribution in [-0.2, 0) is 0 Å². The van der Waals surface area contributed by atoms with Gasteiger partial charge in [0.05, 0.1) is 6.10 Å². The largest absolute Gasteiger partial charge is 0.389 e. The second-order valence-corrected chi connectivity index (χ2v) is 6.85. The van der Waals surface area contributed by atoms with E-state index in [9.17, 15) is 9.90 Å². The van der Waals surface area contributed by atoms with Crippen LogP contribution in [0.1, 0.15) is 58.1 Å². The van der Waals surface area contributed by atoms with E-state index in [1.165, 1.54) is 12.8 Å². The molecule has 1 aliphatic rings. The Kier molecular flexibility index (Phi) is 4.88. The first-order valence-electron chi connectivity index (χ1n) is 7.71. The van der Waals surface area contributed by atoms with E-state index in [2.05, 4.69) is 24.5 Å². The zero-order chi connectivity index (χ0) is 15.5. The van der Waals surface area contributed by atoms with Crippen LogP contribution in [0.5, 0.6) is 0 Å². The third-order valence-electron chi connectivity index (χ3n) is 4.19. The summed E-state index contributed by atoms with van der Waals surface area (Å²) < 4.78 is 0. The van der Waals surface area contributed by atoms with Crippen LogP contribution in [0.4, 0.5) is 10.5 Å². The fourth-order valence-corrected chi connectivity index (χ4v) is 3.02. The van der Waals surface area contributed by atoms with Crippen molar-refractivity contribution >= 4 is 11.7 Å². The Morgan fingerprint density at radius 3 is 2.57 bits per heavy atom. The number of hydrogen-bond acceptors (Lipinski definition) is 2. The minimum Gasteiger partial charge on any atom is -0.389 e. The van der Waals surface area contributed by atoms with Crippen molar-refractivity contribution in [3.63, 3.8) is 0 Å². The monoisotopic (exact) mass is 290 g/mol. The van der Waals surface area contributed by atoms with Crippen molar-refractivity contribution in [3.05, 3.63) is 29.8 Å². The summed E-state index contributed by atoms with van der Waals surface area (Å²) in [5.74, 6) is 0. The fourth-order valence-electron chi connectivity index (χ4n) is 3.02. The predicted molar refractivity (Wildman–Crippen MR) is 85.3 cm³/mol. The average molecular weight is 290 g/mol. The number of carbonyl (C=O) groups is 1. The number of urea groups is 1. The molecule has 0 aromatic heterocycles. The first-order chi connectivity index (χ1) is 9.85. The molecular weight excluding hydrogens is 264 g/mol. The summed E-state index contributed by atoms with van der Waals surface area (Å²) >= 11 is 0. The van der Waals surface area contributed by atoms with Gasteiger partial charge in [-0.3, -0.25) is 0 Å². The van der Waals surface area contributed by atoms with Gasteiger partial charge < -0.3 is 15.7 Å². The molecule has 0 spiro atoms. The molecule has 1 aromatic rings. The van der Waals surface area contributed by atoms with Crippen molar-refractivity contribution in [2.45, 2.75) is 58.6 Å². The maximum absolute atomic E-state index is 12.0. The zero-order valence-corrected chi connectivity index (χ0v) is 13.1. The van der Waals surface area contributed by atoms with E-state index < -0.39 is 6.10 Å². The van der Waals surface area contributed by atoms with Gasteiger partial charge in [-0.2, -0.15) is 0 Å². The third kappa shape index (κ3) is 4.74. The summed E-state index contributed by atoms with van der Waals surface area (Å²) in [4.78, 5) is 12.0. The van der Waals surface area contributed by atoms with Gasteiger partial charge in [-0.1, -0.05) is 32.4 Å². The van der Waals surface area contributed by atoms with Crippen LogP contribution < -0.4 is 10.6 Å². The molecular formula is C17H26N2O2. The lowest BCUT2D eigenvalue weighted by atomic mass is 9.75. The van der Waals surface area contributed by atoms with Gasteiger partial charge in [0.15, 0.2) is 0 Å². The maximum atomic E-state index is 12.0. The van der Waals surface area contributed by atoms with Gasteiger partial charge in [0.1, 0.15) is 0 Å². The molecule has 3 N–H and O–H groups in total. The number of aliphatic hydroxyl groups is 1. The molecule has 2 rings (SSSR count). The normalized spacial score (nSPS) is 22.4. The molecule has 1 aliphatic carbocycles. The van der Waals surface area contributed by atoms with E-state index in [0.717, 1.165) is 24.1 Å². The summed E-state index contributed by atoms with van der Waals surface area (Å²) in [6.07, 6.45) is 3.99. The minimum atomic E-state index is -0.489. The Balaban J connectivity index is 1.86. The van der Waals surface area contributed by atoms with Gasteiger partial charge in [-0.25, -0.2) is 4.79 Å². The highest BCUT2D eigenvalue weighted by molar-refractivity contribution is 5.89. The van der Waals surface area contributed by atoms with E-state index >= 15 is 0 Å². The molecule has 116 valence electrons. The highest BCUT2D eigenvalue weighted by atomic mass is 16.3. The third-order valence-corrected chi connectivity index (χ3v) is 4.19. The molecule has 0 bridgehead atoms. The number of rotatable bonds is 3. The fraction of sp³-hybridized carbons (Fsp3) is 0.588. The Bertz CT molecular complexity index is 480. The van der Waals surface area contributed by atoms with Crippen LogP contribution >= 0.6 is 0 Å². The molecule has 0 saturated heterocycles. The van der Waals surface area contributed by atoms with Gasteiger partial charge in [-0.15, -0.1) is 0 Å². The number of anilines is 1. The Labute approximate surface area is 126 Å². The van der Waals surface area contributed by atoms with Gasteiger partial charge in [0.25, 0.3) is 0 Å². The SMILES string of the molecule is CC(O)c1ccc(NC(=O)NC2CCCC(C)(C)C2)cc1. The number of carbonyl (C=O) groups excluding carboxylic acids is 1. The van der Waals surface area contributed by atoms with E-state index in [-0.39, 0.29) is 12.1 Å². The summed E-state index contributed by atoms with van der Waals surface area (Å²) in [6, 6.07) is 7.38. The highest BCUT2D eigenvalue weighted by Crippen LogP contribution is 2.35. The van der Waals surface area contributed by atoms with Crippen molar-refractivity contribution in [2.75, 3.05) is 5.32 Å². The Morgan fingerprint density at radius 2 is 2.00 bits per heavy atom. The van der Waals surface area contributed by atoms with Crippen LogP contribution in [-0.4, -0.2) is 17.2 Å². The van der Waals surface area contributed by atoms with Crippen LogP contribution in [0, 0.1) is 5.41 Å². The summed E-state index contributed by atoms with van der Waals surface area (Å²) in [5.41, 5.74) is 1.90. The van der Waals surface area contributed by atoms with Crippen molar-refractivity contribution < 1.29 is 9.90 Å². The molecule has 2 unspecified atom stereocenters. The predicted octanol–water partition coefficient (Wildman–Crippen LogP) is 3.83. The second kappa shape index (κ2) is 6.48. The molecule has 4 nitrogen and oxygen atoms in total. The number of benzene rings is 1. The topological polar surface area (TPSA) is 61.4 Å². The lowest BCUT2D eigenvalue weighted by Crippen LogP contribution is -2.42. The second-order valence-electron chi connectivity index (χ2n) is 6.85. The van der Waals surface area contributed by atoms with E-state index in [1.807, 2.05) is 24.3 Å². The molecule has 0 radical (unpaired) electrons. The van der Waals surface area contributed by atoms with Crippen LogP contribution in [0.2, 0.25) is 0 Å². The molecule has 0 heterocycles. The molecule has 1 fully saturated rings. The Morgan fingerprint density at radius 1 is 1.33 bits per heavy atom. The van der Waals surface area contributed by atoms with Crippen molar-refractivity contribution in [3.8, 4) is 0 Å². The van der Waals surface area contributed by atoms with Crippen molar-refractivity contribution in [1.82, 2.24) is 5.32 Å². The summed E-state index contributed by atoms with van der Waals surface area (Å²) in [7, 11) is 0. The first kappa shape index (κ1) is 15.8. The lowest BCUT2D eigenvalue weighted by molar-refractivity contribution is 0.196. The molecule has 2 amide bonds. The average Bonchev–Trinajstić information content (AvgIpc) is 2.37. The molecule has 2 atom stereocenters. The van der Waals surface area contributed by atoms with Crippen molar-refractivity contribution in [1.29, 1.82) is 0 Å². The summed E-state index contributed by atoms with van der Waals surface area (Å²) in [5, 5.41) is 15.4. The quantitative estimate of drug-likeness (QED) is 0.792. The van der Waals surface area contributed by atoms with E-state index in [4.69, 9.17) is 0 Å². The standard InChI is InChI=1S/C17H26N2O2/c1-12(20)13-6-8-14(9-7-13)18-16(21)19-15-5-4-10-17(2,3)11-15/h6-9,12,15,20H,4-5,10-11H2,1-3H3,(H2,18,19,21). The molecule has 0 aliphatic heterocycles. The molecule has 1 saturated carbocycles. The van der Waals surface area contributed by atoms with Crippen LogP contribution in [0.25, 0.3) is 0 Å². The minimum absolute atomic E-state index is 0.150. The smallest absolute Gasteiger partial charge is 0.319 e. The van der Waals surface area contributed by atoms with E-state index in [0.29, 0.717) is 5.41 Å².